The fraction of sp³-hybridized carbons (Fsp3) is 0.160. The highest BCUT2D eigenvalue weighted by molar-refractivity contribution is 7.13. The van der Waals surface area contributed by atoms with Gasteiger partial charge in [-0.05, 0) is 36.1 Å². The maximum absolute atomic E-state index is 12.9. The van der Waals surface area contributed by atoms with Crippen molar-refractivity contribution in [3.8, 4) is 22.1 Å². The molecule has 9 heteroatoms. The summed E-state index contributed by atoms with van der Waals surface area (Å²) in [5.74, 6) is 0.0287. The third-order valence-electron chi connectivity index (χ3n) is 4.77. The predicted octanol–water partition coefficient (Wildman–Crippen LogP) is 3.90. The topological polar surface area (TPSA) is 94.5 Å². The molecule has 0 aliphatic rings. The number of amides is 2. The Bertz CT molecular complexity index is 1240. The fourth-order valence-electron chi connectivity index (χ4n) is 3.25. The van der Waals surface area contributed by atoms with Gasteiger partial charge in [0.15, 0.2) is 18.1 Å². The van der Waals surface area contributed by atoms with Crippen LogP contribution in [0.1, 0.15) is 22.8 Å². The van der Waals surface area contributed by atoms with E-state index in [2.05, 4.69) is 16.0 Å². The van der Waals surface area contributed by atoms with Crippen LogP contribution in [0.15, 0.2) is 78.3 Å². The van der Waals surface area contributed by atoms with E-state index < -0.39 is 11.8 Å². The number of aromatic nitrogens is 2. The molecule has 2 amide bonds. The molecule has 174 valence electrons. The van der Waals surface area contributed by atoms with Gasteiger partial charge in [0.25, 0.3) is 11.8 Å². The van der Waals surface area contributed by atoms with Crippen molar-refractivity contribution >= 4 is 23.2 Å². The van der Waals surface area contributed by atoms with Gasteiger partial charge in [0.05, 0.1) is 23.6 Å². The van der Waals surface area contributed by atoms with Gasteiger partial charge in [0.2, 0.25) is 0 Å². The highest BCUT2D eigenvalue weighted by Crippen LogP contribution is 2.27. The second kappa shape index (κ2) is 11.2. The predicted molar refractivity (Wildman–Crippen MR) is 130 cm³/mol. The summed E-state index contributed by atoms with van der Waals surface area (Å²) in [7, 11) is 0. The SMILES string of the molecule is CCOc1ccccc1OCC(=O)NNC(=O)c1cn(Cc2ccccc2)nc1-c1cccs1. The van der Waals surface area contributed by atoms with E-state index in [0.29, 0.717) is 35.9 Å². The fourth-order valence-corrected chi connectivity index (χ4v) is 3.97. The Kier molecular flexibility index (Phi) is 7.56. The maximum atomic E-state index is 12.9. The van der Waals surface area contributed by atoms with Crippen LogP contribution >= 0.6 is 11.3 Å². The van der Waals surface area contributed by atoms with Gasteiger partial charge in [-0.15, -0.1) is 11.3 Å². The van der Waals surface area contributed by atoms with Crippen LogP contribution in [-0.4, -0.2) is 34.8 Å². The van der Waals surface area contributed by atoms with E-state index in [1.165, 1.54) is 11.3 Å². The first kappa shape index (κ1) is 23.1. The molecule has 4 rings (SSSR count). The van der Waals surface area contributed by atoms with Crippen LogP contribution in [0.25, 0.3) is 10.6 Å². The number of hydrazine groups is 1. The van der Waals surface area contributed by atoms with Crippen molar-refractivity contribution in [1.29, 1.82) is 0 Å². The molecular formula is C25H24N4O4S. The largest absolute Gasteiger partial charge is 0.490 e. The molecule has 0 unspecified atom stereocenters. The molecule has 0 saturated carbocycles. The lowest BCUT2D eigenvalue weighted by Gasteiger charge is -2.12. The molecule has 0 aliphatic heterocycles. The van der Waals surface area contributed by atoms with Crippen molar-refractivity contribution in [3.05, 3.63) is 89.4 Å². The van der Waals surface area contributed by atoms with Crippen LogP contribution in [0, 0.1) is 0 Å². The first-order valence-electron chi connectivity index (χ1n) is 10.7. The van der Waals surface area contributed by atoms with Gasteiger partial charge in [0, 0.05) is 6.20 Å². The van der Waals surface area contributed by atoms with Crippen molar-refractivity contribution in [2.45, 2.75) is 13.5 Å². The van der Waals surface area contributed by atoms with Gasteiger partial charge >= 0.3 is 0 Å². The molecule has 0 fully saturated rings. The van der Waals surface area contributed by atoms with Crippen molar-refractivity contribution in [3.63, 3.8) is 0 Å². The Labute approximate surface area is 201 Å². The summed E-state index contributed by atoms with van der Waals surface area (Å²) in [6, 6.07) is 20.7. The van der Waals surface area contributed by atoms with Crippen LogP contribution in [0.2, 0.25) is 0 Å². The van der Waals surface area contributed by atoms with E-state index in [0.717, 1.165) is 10.4 Å². The minimum atomic E-state index is -0.506. The van der Waals surface area contributed by atoms with Crippen LogP contribution in [0.3, 0.4) is 0 Å². The number of carbonyl (C=O) groups is 2. The van der Waals surface area contributed by atoms with Gasteiger partial charge in [-0.3, -0.25) is 25.1 Å². The molecular weight excluding hydrogens is 452 g/mol. The van der Waals surface area contributed by atoms with E-state index in [4.69, 9.17) is 9.47 Å². The van der Waals surface area contributed by atoms with Gasteiger partial charge in [-0.1, -0.05) is 48.5 Å². The Morgan fingerprint density at radius 2 is 1.68 bits per heavy atom. The number of hydrogen-bond donors (Lipinski definition) is 2. The van der Waals surface area contributed by atoms with E-state index in [9.17, 15) is 9.59 Å². The lowest BCUT2D eigenvalue weighted by Crippen LogP contribution is -2.43. The third kappa shape index (κ3) is 5.81. The zero-order valence-corrected chi connectivity index (χ0v) is 19.4. The van der Waals surface area contributed by atoms with Crippen molar-refractivity contribution in [2.75, 3.05) is 13.2 Å². The molecule has 2 N–H and O–H groups in total. The Hall–Kier alpha value is -4.11. The summed E-state index contributed by atoms with van der Waals surface area (Å²) in [6.45, 7) is 2.58. The number of benzene rings is 2. The lowest BCUT2D eigenvalue weighted by atomic mass is 10.2. The van der Waals surface area contributed by atoms with E-state index in [1.807, 2.05) is 60.8 Å². The molecule has 34 heavy (non-hydrogen) atoms. The molecule has 0 radical (unpaired) electrons. The number of para-hydroxylation sites is 2. The monoisotopic (exact) mass is 476 g/mol. The summed E-state index contributed by atoms with van der Waals surface area (Å²) in [5.41, 5.74) is 6.83. The van der Waals surface area contributed by atoms with E-state index in [1.54, 1.807) is 29.1 Å². The molecule has 4 aromatic rings. The van der Waals surface area contributed by atoms with E-state index in [-0.39, 0.29) is 6.61 Å². The zero-order chi connectivity index (χ0) is 23.8. The lowest BCUT2D eigenvalue weighted by molar-refractivity contribution is -0.123. The first-order chi connectivity index (χ1) is 16.6. The summed E-state index contributed by atoms with van der Waals surface area (Å²) in [6.07, 6.45) is 1.68. The maximum Gasteiger partial charge on any atom is 0.276 e. The number of nitrogens with zero attached hydrogens (tertiary/aromatic N) is 2. The number of carbonyl (C=O) groups excluding carboxylic acids is 2. The average Bonchev–Trinajstić information content (AvgIpc) is 3.53. The van der Waals surface area contributed by atoms with Crippen molar-refractivity contribution in [1.82, 2.24) is 20.6 Å². The summed E-state index contributed by atoms with van der Waals surface area (Å²) in [5, 5.41) is 6.54. The zero-order valence-electron chi connectivity index (χ0n) is 18.6. The van der Waals surface area contributed by atoms with Crippen LogP contribution in [0.4, 0.5) is 0 Å². The highest BCUT2D eigenvalue weighted by atomic mass is 32.1. The van der Waals surface area contributed by atoms with Crippen LogP contribution in [-0.2, 0) is 11.3 Å². The number of nitrogens with one attached hydrogen (secondary N) is 2. The molecule has 0 aliphatic carbocycles. The second-order valence-electron chi connectivity index (χ2n) is 7.22. The summed E-state index contributed by atoms with van der Waals surface area (Å²) >= 11 is 1.49. The normalized spacial score (nSPS) is 10.5. The van der Waals surface area contributed by atoms with Gasteiger partial charge in [0.1, 0.15) is 5.69 Å². The Balaban J connectivity index is 1.40. The number of thiophene rings is 1. The van der Waals surface area contributed by atoms with Crippen molar-refractivity contribution < 1.29 is 19.1 Å². The number of ether oxygens (including phenoxy) is 2. The molecule has 2 aromatic heterocycles. The average molecular weight is 477 g/mol. The summed E-state index contributed by atoms with van der Waals surface area (Å²) in [4.78, 5) is 26.0. The molecule has 8 nitrogen and oxygen atoms in total. The molecule has 0 saturated heterocycles. The van der Waals surface area contributed by atoms with Crippen molar-refractivity contribution in [2.24, 2.45) is 0 Å². The smallest absolute Gasteiger partial charge is 0.276 e. The van der Waals surface area contributed by atoms with Gasteiger partial charge < -0.3 is 9.47 Å². The van der Waals surface area contributed by atoms with Gasteiger partial charge in [-0.25, -0.2) is 0 Å². The third-order valence-corrected chi connectivity index (χ3v) is 5.65. The Morgan fingerprint density at radius 1 is 0.941 bits per heavy atom. The van der Waals surface area contributed by atoms with Crippen LogP contribution < -0.4 is 20.3 Å². The van der Waals surface area contributed by atoms with Gasteiger partial charge in [-0.2, -0.15) is 5.10 Å². The first-order valence-corrected chi connectivity index (χ1v) is 11.6. The molecule has 2 aromatic carbocycles. The summed E-state index contributed by atoms with van der Waals surface area (Å²) < 4.78 is 12.7. The highest BCUT2D eigenvalue weighted by Gasteiger charge is 2.19. The number of rotatable bonds is 9. The minimum absolute atomic E-state index is 0.282. The molecule has 0 bridgehead atoms. The molecule has 2 heterocycles. The number of hydrogen-bond acceptors (Lipinski definition) is 6. The van der Waals surface area contributed by atoms with Crippen LogP contribution in [0.5, 0.6) is 11.5 Å². The quantitative estimate of drug-likeness (QED) is 0.357. The standard InChI is InChI=1S/C25H24N4O4S/c1-2-32-20-11-6-7-12-21(20)33-17-23(30)26-27-25(31)19-16-29(15-18-9-4-3-5-10-18)28-24(19)22-13-8-14-34-22/h3-14,16H,2,15,17H2,1H3,(H,26,30)(H,27,31). The van der Waals surface area contributed by atoms with E-state index >= 15 is 0 Å². The molecule has 0 spiro atoms. The minimum Gasteiger partial charge on any atom is -0.490 e. The molecule has 0 atom stereocenters. The Morgan fingerprint density at radius 3 is 2.38 bits per heavy atom. The second-order valence-corrected chi connectivity index (χ2v) is 8.17.